The molecule has 0 radical (unpaired) electrons. The summed E-state index contributed by atoms with van der Waals surface area (Å²) in [5.41, 5.74) is 0.0866. The van der Waals surface area contributed by atoms with E-state index in [1.165, 1.54) is 24.3 Å². The molecule has 0 spiro atoms. The molecule has 0 aliphatic heterocycles. The highest BCUT2D eigenvalue weighted by Gasteiger charge is 2.21. The number of non-ortho nitro benzene ring substituents is 1. The number of nitro groups is 1. The summed E-state index contributed by atoms with van der Waals surface area (Å²) >= 11 is 0. The molecular formula is C14H20N2O4. The maximum atomic E-state index is 11.8. The summed E-state index contributed by atoms with van der Waals surface area (Å²) in [6, 6.07) is 5.40. The molecule has 0 aliphatic carbocycles. The molecule has 0 heterocycles. The normalized spacial score (nSPS) is 12.8. The maximum Gasteiger partial charge on any atom is 0.269 e. The van der Waals surface area contributed by atoms with Crippen LogP contribution in [0.2, 0.25) is 0 Å². The van der Waals surface area contributed by atoms with E-state index in [1.54, 1.807) is 0 Å². The van der Waals surface area contributed by atoms with Crippen molar-refractivity contribution in [1.82, 2.24) is 5.32 Å². The minimum Gasteiger partial charge on any atom is -0.393 e. The van der Waals surface area contributed by atoms with Gasteiger partial charge in [0.25, 0.3) is 11.6 Å². The highest BCUT2D eigenvalue weighted by Crippen LogP contribution is 2.21. The molecule has 1 aromatic carbocycles. The standard InChI is InChI=1S/C14H20N2O4/c1-14(2,3)12(17)8-9-15-13(18)10-4-6-11(7-5-10)16(19)20/h4-7,12,17H,8-9H2,1-3H3,(H,15,18). The molecule has 110 valence electrons. The maximum absolute atomic E-state index is 11.8. The first-order valence-electron chi connectivity index (χ1n) is 6.42. The Bertz CT molecular complexity index is 477. The highest BCUT2D eigenvalue weighted by atomic mass is 16.6. The second kappa shape index (κ2) is 6.47. The van der Waals surface area contributed by atoms with E-state index in [9.17, 15) is 20.0 Å². The van der Waals surface area contributed by atoms with Crippen LogP contribution in [0.15, 0.2) is 24.3 Å². The predicted octanol–water partition coefficient (Wildman–Crippen LogP) is 2.12. The number of carbonyl (C=O) groups excluding carboxylic acids is 1. The van der Waals surface area contributed by atoms with Crippen LogP contribution >= 0.6 is 0 Å². The number of carbonyl (C=O) groups is 1. The third kappa shape index (κ3) is 4.62. The van der Waals surface area contributed by atoms with Crippen molar-refractivity contribution >= 4 is 11.6 Å². The first-order chi connectivity index (χ1) is 9.21. The number of nitrogens with zero attached hydrogens (tertiary/aromatic N) is 1. The third-order valence-electron chi connectivity index (χ3n) is 3.04. The number of aliphatic hydroxyl groups is 1. The van der Waals surface area contributed by atoms with Gasteiger partial charge in [0.15, 0.2) is 0 Å². The fraction of sp³-hybridized carbons (Fsp3) is 0.500. The fourth-order valence-electron chi connectivity index (χ4n) is 1.59. The molecule has 0 fully saturated rings. The van der Waals surface area contributed by atoms with E-state index in [0.29, 0.717) is 18.5 Å². The Hall–Kier alpha value is -1.95. The highest BCUT2D eigenvalue weighted by molar-refractivity contribution is 5.94. The zero-order chi connectivity index (χ0) is 15.3. The monoisotopic (exact) mass is 280 g/mol. The van der Waals surface area contributed by atoms with Crippen LogP contribution in [0.1, 0.15) is 37.6 Å². The van der Waals surface area contributed by atoms with Gasteiger partial charge in [0.2, 0.25) is 0 Å². The second-order valence-corrected chi connectivity index (χ2v) is 5.73. The van der Waals surface area contributed by atoms with Crippen LogP contribution in [0.5, 0.6) is 0 Å². The van der Waals surface area contributed by atoms with Gasteiger partial charge in [0.05, 0.1) is 11.0 Å². The Kier molecular flexibility index (Phi) is 5.21. The Balaban J connectivity index is 2.49. The molecule has 1 amide bonds. The summed E-state index contributed by atoms with van der Waals surface area (Å²) in [5, 5.41) is 23.0. The van der Waals surface area contributed by atoms with Gasteiger partial charge >= 0.3 is 0 Å². The molecule has 1 aromatic rings. The molecule has 1 atom stereocenters. The lowest BCUT2D eigenvalue weighted by molar-refractivity contribution is -0.384. The second-order valence-electron chi connectivity index (χ2n) is 5.73. The number of rotatable bonds is 5. The molecule has 2 N–H and O–H groups in total. The summed E-state index contributed by atoms with van der Waals surface area (Å²) in [6.07, 6.45) is -0.0398. The minimum atomic E-state index is -0.513. The van der Waals surface area contributed by atoms with Gasteiger partial charge in [-0.05, 0) is 24.0 Å². The minimum absolute atomic E-state index is 0.0512. The first kappa shape index (κ1) is 16.1. The van der Waals surface area contributed by atoms with Crippen molar-refractivity contribution in [1.29, 1.82) is 0 Å². The molecule has 0 saturated carbocycles. The number of hydrogen-bond donors (Lipinski definition) is 2. The van der Waals surface area contributed by atoms with Crippen LogP contribution < -0.4 is 5.32 Å². The van der Waals surface area contributed by atoms with Crippen molar-refractivity contribution in [2.45, 2.75) is 33.3 Å². The molecule has 1 rings (SSSR count). The van der Waals surface area contributed by atoms with E-state index < -0.39 is 11.0 Å². The number of amides is 1. The lowest BCUT2D eigenvalue weighted by Crippen LogP contribution is -2.32. The van der Waals surface area contributed by atoms with E-state index in [0.717, 1.165) is 0 Å². The van der Waals surface area contributed by atoms with Crippen LogP contribution in [0.25, 0.3) is 0 Å². The molecule has 0 aliphatic rings. The van der Waals surface area contributed by atoms with Gasteiger partial charge in [-0.2, -0.15) is 0 Å². The summed E-state index contributed by atoms with van der Waals surface area (Å²) < 4.78 is 0. The van der Waals surface area contributed by atoms with E-state index >= 15 is 0 Å². The van der Waals surface area contributed by atoms with Crippen LogP contribution in [-0.2, 0) is 0 Å². The molecule has 6 nitrogen and oxygen atoms in total. The Labute approximate surface area is 118 Å². The number of nitro benzene ring substituents is 1. The Morgan fingerprint density at radius 1 is 1.35 bits per heavy atom. The van der Waals surface area contributed by atoms with Crippen LogP contribution in [0.3, 0.4) is 0 Å². The number of aliphatic hydroxyl groups excluding tert-OH is 1. The van der Waals surface area contributed by atoms with Crippen molar-refractivity contribution in [2.75, 3.05) is 6.54 Å². The zero-order valence-electron chi connectivity index (χ0n) is 11.9. The molecule has 0 aromatic heterocycles. The number of nitrogens with one attached hydrogen (secondary N) is 1. The third-order valence-corrected chi connectivity index (χ3v) is 3.04. The summed E-state index contributed by atoms with van der Waals surface area (Å²) in [6.45, 7) is 6.13. The number of hydrogen-bond acceptors (Lipinski definition) is 4. The van der Waals surface area contributed by atoms with E-state index in [4.69, 9.17) is 0 Å². The van der Waals surface area contributed by atoms with Crippen LogP contribution in [0.4, 0.5) is 5.69 Å². The first-order valence-corrected chi connectivity index (χ1v) is 6.42. The van der Waals surface area contributed by atoms with Crippen LogP contribution in [-0.4, -0.2) is 28.6 Å². The lowest BCUT2D eigenvalue weighted by Gasteiger charge is -2.25. The average molecular weight is 280 g/mol. The van der Waals surface area contributed by atoms with Gasteiger partial charge in [0, 0.05) is 24.2 Å². The van der Waals surface area contributed by atoms with Crippen molar-refractivity contribution in [3.8, 4) is 0 Å². The molecule has 0 bridgehead atoms. The predicted molar refractivity (Wildman–Crippen MR) is 75.5 cm³/mol. The quantitative estimate of drug-likeness (QED) is 0.638. The van der Waals surface area contributed by atoms with Gasteiger partial charge in [0.1, 0.15) is 0 Å². The van der Waals surface area contributed by atoms with E-state index in [2.05, 4.69) is 5.32 Å². The van der Waals surface area contributed by atoms with Crippen LogP contribution in [0, 0.1) is 15.5 Å². The van der Waals surface area contributed by atoms with Gasteiger partial charge in [-0.25, -0.2) is 0 Å². The molecule has 6 heteroatoms. The Morgan fingerprint density at radius 3 is 2.35 bits per heavy atom. The molecule has 20 heavy (non-hydrogen) atoms. The van der Waals surface area contributed by atoms with Crippen molar-refractivity contribution in [3.63, 3.8) is 0 Å². The summed E-state index contributed by atoms with van der Waals surface area (Å²) in [7, 11) is 0. The van der Waals surface area contributed by atoms with Crippen molar-refractivity contribution in [3.05, 3.63) is 39.9 Å². The largest absolute Gasteiger partial charge is 0.393 e. The lowest BCUT2D eigenvalue weighted by atomic mass is 9.87. The topological polar surface area (TPSA) is 92.5 Å². The zero-order valence-corrected chi connectivity index (χ0v) is 11.9. The summed E-state index contributed by atoms with van der Waals surface area (Å²) in [4.78, 5) is 21.8. The smallest absolute Gasteiger partial charge is 0.269 e. The van der Waals surface area contributed by atoms with Gasteiger partial charge < -0.3 is 10.4 Å². The molecular weight excluding hydrogens is 260 g/mol. The van der Waals surface area contributed by atoms with Crippen molar-refractivity contribution < 1.29 is 14.8 Å². The van der Waals surface area contributed by atoms with Gasteiger partial charge in [-0.3, -0.25) is 14.9 Å². The molecule has 0 saturated heterocycles. The van der Waals surface area contributed by atoms with E-state index in [-0.39, 0.29) is 17.0 Å². The SMILES string of the molecule is CC(C)(C)C(O)CCNC(=O)c1ccc([N+](=O)[O-])cc1. The Morgan fingerprint density at radius 2 is 1.90 bits per heavy atom. The fourth-order valence-corrected chi connectivity index (χ4v) is 1.59. The van der Waals surface area contributed by atoms with E-state index in [1.807, 2.05) is 20.8 Å². The average Bonchev–Trinajstić information content (AvgIpc) is 2.37. The van der Waals surface area contributed by atoms with Gasteiger partial charge in [-0.15, -0.1) is 0 Å². The molecule has 1 unspecified atom stereocenters. The van der Waals surface area contributed by atoms with Gasteiger partial charge in [-0.1, -0.05) is 20.8 Å². The van der Waals surface area contributed by atoms with Crippen molar-refractivity contribution in [2.24, 2.45) is 5.41 Å². The number of benzene rings is 1. The summed E-state index contributed by atoms with van der Waals surface area (Å²) in [5.74, 6) is -0.305.